The highest BCUT2D eigenvalue weighted by molar-refractivity contribution is 5.81. The molecule has 1 aliphatic carbocycles. The maximum Gasteiger partial charge on any atom is 0.250 e. The van der Waals surface area contributed by atoms with E-state index in [0.717, 1.165) is 19.4 Å². The Hall–Kier alpha value is -0.610. The van der Waals surface area contributed by atoms with Crippen LogP contribution in [0.4, 0.5) is 0 Å². The molecular formula is C11H20N2O2. The molecule has 4 heteroatoms. The van der Waals surface area contributed by atoms with Crippen LogP contribution in [0.2, 0.25) is 0 Å². The molecule has 86 valence electrons. The second kappa shape index (κ2) is 4.49. The molecule has 1 atom stereocenters. The van der Waals surface area contributed by atoms with E-state index in [-0.39, 0.29) is 17.6 Å². The molecule has 4 nitrogen and oxygen atoms in total. The van der Waals surface area contributed by atoms with Gasteiger partial charge in [-0.05, 0) is 19.8 Å². The molecule has 2 aliphatic rings. The van der Waals surface area contributed by atoms with Gasteiger partial charge in [-0.2, -0.15) is 0 Å². The largest absolute Gasteiger partial charge is 0.366 e. The summed E-state index contributed by atoms with van der Waals surface area (Å²) in [4.78, 5) is 11.9. The van der Waals surface area contributed by atoms with E-state index in [0.29, 0.717) is 13.2 Å². The molecule has 2 N–H and O–H groups in total. The minimum absolute atomic E-state index is 0.0118. The molecule has 0 aromatic carbocycles. The SMILES string of the molecule is CC1(NC(=O)[C@H]2CNCCO2)CCCC1. The van der Waals surface area contributed by atoms with Crippen molar-refractivity contribution in [1.82, 2.24) is 10.6 Å². The molecule has 1 aliphatic heterocycles. The van der Waals surface area contributed by atoms with Gasteiger partial charge in [-0.1, -0.05) is 12.8 Å². The standard InChI is InChI=1S/C11H20N2O2/c1-11(4-2-3-5-11)13-10(14)9-8-12-6-7-15-9/h9,12H,2-8H2,1H3,(H,13,14)/t9-/m1/s1. The molecule has 0 unspecified atom stereocenters. The maximum atomic E-state index is 11.9. The van der Waals surface area contributed by atoms with Crippen LogP contribution in [0.1, 0.15) is 32.6 Å². The van der Waals surface area contributed by atoms with Gasteiger partial charge in [0.05, 0.1) is 6.61 Å². The van der Waals surface area contributed by atoms with Gasteiger partial charge in [0.2, 0.25) is 0 Å². The van der Waals surface area contributed by atoms with E-state index >= 15 is 0 Å². The summed E-state index contributed by atoms with van der Waals surface area (Å²) in [7, 11) is 0. The number of morpholine rings is 1. The van der Waals surface area contributed by atoms with Crippen molar-refractivity contribution >= 4 is 5.91 Å². The molecule has 0 bridgehead atoms. The summed E-state index contributed by atoms with van der Waals surface area (Å²) in [6, 6.07) is 0. The average molecular weight is 212 g/mol. The fourth-order valence-electron chi connectivity index (χ4n) is 2.39. The predicted octanol–water partition coefficient (Wildman–Crippen LogP) is 0.424. The summed E-state index contributed by atoms with van der Waals surface area (Å²) < 4.78 is 5.42. The van der Waals surface area contributed by atoms with Gasteiger partial charge in [0.15, 0.2) is 0 Å². The van der Waals surface area contributed by atoms with Gasteiger partial charge < -0.3 is 15.4 Å². The molecule has 1 heterocycles. The first-order chi connectivity index (χ1) is 7.20. The lowest BCUT2D eigenvalue weighted by Gasteiger charge is -2.30. The first-order valence-electron chi connectivity index (χ1n) is 5.84. The zero-order valence-corrected chi connectivity index (χ0v) is 9.34. The summed E-state index contributed by atoms with van der Waals surface area (Å²) >= 11 is 0. The fraction of sp³-hybridized carbons (Fsp3) is 0.909. The molecule has 1 saturated heterocycles. The third kappa shape index (κ3) is 2.69. The Bertz CT molecular complexity index is 231. The minimum atomic E-state index is -0.295. The van der Waals surface area contributed by atoms with Crippen LogP contribution in [-0.2, 0) is 9.53 Å². The van der Waals surface area contributed by atoms with Crippen molar-refractivity contribution in [3.05, 3.63) is 0 Å². The van der Waals surface area contributed by atoms with Crippen molar-refractivity contribution in [2.45, 2.75) is 44.2 Å². The Morgan fingerprint density at radius 2 is 2.20 bits per heavy atom. The number of amides is 1. The van der Waals surface area contributed by atoms with Crippen LogP contribution in [0.25, 0.3) is 0 Å². The van der Waals surface area contributed by atoms with Crippen LogP contribution in [0.3, 0.4) is 0 Å². The van der Waals surface area contributed by atoms with Crippen molar-refractivity contribution in [2.24, 2.45) is 0 Å². The smallest absolute Gasteiger partial charge is 0.250 e. The van der Waals surface area contributed by atoms with Gasteiger partial charge in [-0.3, -0.25) is 4.79 Å². The Morgan fingerprint density at radius 3 is 2.80 bits per heavy atom. The highest BCUT2D eigenvalue weighted by Gasteiger charge is 2.33. The van der Waals surface area contributed by atoms with Crippen molar-refractivity contribution in [2.75, 3.05) is 19.7 Å². The molecule has 2 fully saturated rings. The normalized spacial score (nSPS) is 30.1. The maximum absolute atomic E-state index is 11.9. The van der Waals surface area contributed by atoms with Gasteiger partial charge in [0.1, 0.15) is 6.10 Å². The summed E-state index contributed by atoms with van der Waals surface area (Å²) in [5.41, 5.74) is 0.0118. The molecular weight excluding hydrogens is 192 g/mol. The summed E-state index contributed by atoms with van der Waals surface area (Å²) in [5, 5.41) is 6.29. The van der Waals surface area contributed by atoms with Gasteiger partial charge in [-0.25, -0.2) is 0 Å². The quantitative estimate of drug-likeness (QED) is 0.697. The number of carbonyl (C=O) groups excluding carboxylic acids is 1. The molecule has 0 spiro atoms. The lowest BCUT2D eigenvalue weighted by Crippen LogP contribution is -2.53. The van der Waals surface area contributed by atoms with Gasteiger partial charge in [0.25, 0.3) is 5.91 Å². The van der Waals surface area contributed by atoms with Crippen LogP contribution < -0.4 is 10.6 Å². The van der Waals surface area contributed by atoms with E-state index in [1.54, 1.807) is 0 Å². The zero-order valence-electron chi connectivity index (χ0n) is 9.34. The highest BCUT2D eigenvalue weighted by atomic mass is 16.5. The van der Waals surface area contributed by atoms with Gasteiger partial charge in [0, 0.05) is 18.6 Å². The number of hydrogen-bond acceptors (Lipinski definition) is 3. The molecule has 1 amide bonds. The van der Waals surface area contributed by atoms with Crippen LogP contribution >= 0.6 is 0 Å². The third-order valence-corrected chi connectivity index (χ3v) is 3.35. The Morgan fingerprint density at radius 1 is 1.47 bits per heavy atom. The number of rotatable bonds is 2. The zero-order chi connectivity index (χ0) is 10.7. The van der Waals surface area contributed by atoms with Crippen LogP contribution in [0.15, 0.2) is 0 Å². The van der Waals surface area contributed by atoms with E-state index in [1.807, 2.05) is 0 Å². The molecule has 0 aromatic rings. The molecule has 1 saturated carbocycles. The minimum Gasteiger partial charge on any atom is -0.366 e. The first kappa shape index (κ1) is 10.9. The second-order valence-corrected chi connectivity index (χ2v) is 4.82. The van der Waals surface area contributed by atoms with Crippen molar-refractivity contribution in [3.63, 3.8) is 0 Å². The Labute approximate surface area is 90.8 Å². The van der Waals surface area contributed by atoms with E-state index in [4.69, 9.17) is 4.74 Å². The van der Waals surface area contributed by atoms with Crippen LogP contribution in [0.5, 0.6) is 0 Å². The lowest BCUT2D eigenvalue weighted by molar-refractivity contribution is -0.136. The van der Waals surface area contributed by atoms with E-state index in [2.05, 4.69) is 17.6 Å². The fourth-order valence-corrected chi connectivity index (χ4v) is 2.39. The van der Waals surface area contributed by atoms with E-state index in [1.165, 1.54) is 12.8 Å². The Kier molecular flexibility index (Phi) is 3.26. The van der Waals surface area contributed by atoms with E-state index < -0.39 is 0 Å². The molecule has 0 radical (unpaired) electrons. The van der Waals surface area contributed by atoms with Gasteiger partial charge >= 0.3 is 0 Å². The molecule has 15 heavy (non-hydrogen) atoms. The van der Waals surface area contributed by atoms with E-state index in [9.17, 15) is 4.79 Å². The lowest BCUT2D eigenvalue weighted by atomic mass is 10.0. The van der Waals surface area contributed by atoms with Crippen LogP contribution in [0, 0.1) is 0 Å². The van der Waals surface area contributed by atoms with Gasteiger partial charge in [-0.15, -0.1) is 0 Å². The number of ether oxygens (including phenoxy) is 1. The molecule has 0 aromatic heterocycles. The molecule has 2 rings (SSSR count). The highest BCUT2D eigenvalue weighted by Crippen LogP contribution is 2.28. The Balaban J connectivity index is 1.85. The third-order valence-electron chi connectivity index (χ3n) is 3.35. The second-order valence-electron chi connectivity index (χ2n) is 4.82. The monoisotopic (exact) mass is 212 g/mol. The number of nitrogens with one attached hydrogen (secondary N) is 2. The van der Waals surface area contributed by atoms with Crippen molar-refractivity contribution < 1.29 is 9.53 Å². The average Bonchev–Trinajstić information content (AvgIpc) is 2.66. The number of carbonyl (C=O) groups is 1. The summed E-state index contributed by atoms with van der Waals surface area (Å²) in [5.74, 6) is 0.0478. The number of hydrogen-bond donors (Lipinski definition) is 2. The first-order valence-corrected chi connectivity index (χ1v) is 5.84. The van der Waals surface area contributed by atoms with Crippen molar-refractivity contribution in [1.29, 1.82) is 0 Å². The predicted molar refractivity (Wildman–Crippen MR) is 57.6 cm³/mol. The summed E-state index contributed by atoms with van der Waals surface area (Å²) in [6.45, 7) is 4.26. The summed E-state index contributed by atoms with van der Waals surface area (Å²) in [6.07, 6.45) is 4.34. The van der Waals surface area contributed by atoms with Crippen molar-refractivity contribution in [3.8, 4) is 0 Å². The van der Waals surface area contributed by atoms with Crippen LogP contribution in [-0.4, -0.2) is 37.2 Å². The topological polar surface area (TPSA) is 50.4 Å².